The van der Waals surface area contributed by atoms with Gasteiger partial charge in [0.05, 0.1) is 17.2 Å². The minimum absolute atomic E-state index is 0.0554. The van der Waals surface area contributed by atoms with Gasteiger partial charge in [-0.25, -0.2) is 0 Å². The number of aryl methyl sites for hydroxylation is 6. The number of nitrogens with one attached hydrogen (secondary N) is 1. The first-order chi connectivity index (χ1) is 26.0. The van der Waals surface area contributed by atoms with Gasteiger partial charge in [-0.2, -0.15) is 9.13 Å². The van der Waals surface area contributed by atoms with Crippen molar-refractivity contribution < 1.29 is 13.9 Å². The van der Waals surface area contributed by atoms with Gasteiger partial charge in [-0.3, -0.25) is 4.79 Å². The monoisotopic (exact) mass is 744 g/mol. The molecule has 6 heterocycles. The molecule has 0 radical (unpaired) electrons. The van der Waals surface area contributed by atoms with Gasteiger partial charge in [0.2, 0.25) is 17.3 Å². The highest BCUT2D eigenvalue weighted by molar-refractivity contribution is 8.76. The number of rotatable bonds is 12. The first-order valence-electron chi connectivity index (χ1n) is 19.5. The van der Waals surface area contributed by atoms with Crippen molar-refractivity contribution in [2.45, 2.75) is 71.4 Å². The van der Waals surface area contributed by atoms with E-state index in [-0.39, 0.29) is 5.91 Å². The topological polar surface area (TPSA) is 69.4 Å². The second-order valence-corrected chi connectivity index (χ2v) is 17.6. The van der Waals surface area contributed by atoms with Crippen molar-refractivity contribution in [1.29, 1.82) is 0 Å². The van der Waals surface area contributed by atoms with Crippen LogP contribution in [0.5, 0.6) is 0 Å². The number of hydrogen-bond acceptors (Lipinski definition) is 6. The smallest absolute Gasteiger partial charge is 0.221 e. The Bertz CT molecular complexity index is 2000. The summed E-state index contributed by atoms with van der Waals surface area (Å²) < 4.78 is 4.61. The van der Waals surface area contributed by atoms with Crippen molar-refractivity contribution in [1.82, 2.24) is 0 Å². The molecule has 0 saturated heterocycles. The lowest BCUT2D eigenvalue weighted by Gasteiger charge is -2.37. The molecule has 0 saturated carbocycles. The Labute approximate surface area is 322 Å². The maximum atomic E-state index is 11.9. The predicted octanol–water partition coefficient (Wildman–Crippen LogP) is 7.62. The van der Waals surface area contributed by atoms with Crippen LogP contribution in [0.1, 0.15) is 77.4 Å². The van der Waals surface area contributed by atoms with Gasteiger partial charge < -0.3 is 20.9 Å². The summed E-state index contributed by atoms with van der Waals surface area (Å²) in [5, 5.41) is 2.97. The third-order valence-electron chi connectivity index (χ3n) is 11.0. The summed E-state index contributed by atoms with van der Waals surface area (Å²) in [6.07, 6.45) is 22.9. The van der Waals surface area contributed by atoms with Gasteiger partial charge in [0.25, 0.3) is 0 Å². The summed E-state index contributed by atoms with van der Waals surface area (Å²) in [6, 6.07) is 17.7. The fourth-order valence-electron chi connectivity index (χ4n) is 8.69. The standard InChI is InChI=1S/C44H50N6OS2/c1-32(51)46-40-15-21-48(42(31-40)13-11-34-28-37-8-4-18-50-19-5-9-38(29-34)44(37)50)23-25-53-52-24-22-47-20-14-39(45)30-41(47)12-10-33-26-35-6-2-16-49-17-3-7-36(27-33)43(35)49/h10-15,20-21,26-31,45H,2-9,16-19,22-25H2,1H3/p+2/b12-10+,13-11+. The highest BCUT2D eigenvalue weighted by Crippen LogP contribution is 2.38. The van der Waals surface area contributed by atoms with E-state index in [1.807, 2.05) is 33.7 Å². The number of nitrogens with two attached hydrogens (primary N) is 1. The molecular weight excluding hydrogens is 693 g/mol. The predicted molar refractivity (Wildman–Crippen MR) is 225 cm³/mol. The highest BCUT2D eigenvalue weighted by atomic mass is 33.1. The Morgan fingerprint density at radius 1 is 0.679 bits per heavy atom. The van der Waals surface area contributed by atoms with E-state index in [1.54, 1.807) is 6.92 Å². The fourth-order valence-corrected chi connectivity index (χ4v) is 10.6. The number of pyridine rings is 2. The summed E-state index contributed by atoms with van der Waals surface area (Å²) in [5.74, 6) is 1.92. The molecule has 2 aromatic heterocycles. The number of aromatic nitrogens is 2. The van der Waals surface area contributed by atoms with Gasteiger partial charge >= 0.3 is 0 Å². The molecule has 7 nitrogen and oxygen atoms in total. The van der Waals surface area contributed by atoms with Crippen molar-refractivity contribution in [3.63, 3.8) is 0 Å². The zero-order valence-electron chi connectivity index (χ0n) is 31.0. The molecule has 4 aromatic rings. The van der Waals surface area contributed by atoms with E-state index < -0.39 is 0 Å². The van der Waals surface area contributed by atoms with Crippen LogP contribution in [0.15, 0.2) is 60.9 Å². The summed E-state index contributed by atoms with van der Waals surface area (Å²) in [5.41, 5.74) is 21.7. The van der Waals surface area contributed by atoms with Gasteiger partial charge in [0, 0.05) is 86.6 Å². The molecule has 0 atom stereocenters. The Morgan fingerprint density at radius 3 is 1.60 bits per heavy atom. The molecule has 274 valence electrons. The normalized spacial score (nSPS) is 16.2. The van der Waals surface area contributed by atoms with Crippen LogP contribution >= 0.6 is 21.6 Å². The van der Waals surface area contributed by atoms with Crippen LogP contribution in [0.25, 0.3) is 24.3 Å². The highest BCUT2D eigenvalue weighted by Gasteiger charge is 2.25. The Morgan fingerprint density at radius 2 is 1.13 bits per heavy atom. The Balaban J connectivity index is 0.893. The SMILES string of the molecule is CC(=O)Nc1cc[n+](CCSSCC[n+]2ccc(N)cc2/C=C/c2cc3c4c(c2)CCCN4CCC3)c(/C=C/c2cc3c4c(c2)CCCN4CCC3)c1. The van der Waals surface area contributed by atoms with E-state index in [4.69, 9.17) is 5.73 Å². The van der Waals surface area contributed by atoms with Crippen LogP contribution < -0.4 is 30.0 Å². The Kier molecular flexibility index (Phi) is 11.1. The minimum atomic E-state index is -0.0554. The van der Waals surface area contributed by atoms with Crippen LogP contribution in [0, 0.1) is 0 Å². The summed E-state index contributed by atoms with van der Waals surface area (Å²) >= 11 is 0. The zero-order valence-corrected chi connectivity index (χ0v) is 32.6. The number of anilines is 4. The van der Waals surface area contributed by atoms with Gasteiger partial charge in [0.15, 0.2) is 25.5 Å². The molecule has 1 amide bonds. The van der Waals surface area contributed by atoms with Crippen LogP contribution in [-0.4, -0.2) is 43.6 Å². The molecule has 4 aliphatic heterocycles. The average molecular weight is 745 g/mol. The third-order valence-corrected chi connectivity index (χ3v) is 13.4. The summed E-state index contributed by atoms with van der Waals surface area (Å²) in [4.78, 5) is 17.1. The minimum Gasteiger partial charge on any atom is -0.398 e. The van der Waals surface area contributed by atoms with E-state index >= 15 is 0 Å². The largest absolute Gasteiger partial charge is 0.398 e. The first kappa shape index (κ1) is 35.8. The van der Waals surface area contributed by atoms with E-state index in [1.165, 1.54) is 109 Å². The fraction of sp³-hybridized carbons (Fsp3) is 0.386. The molecule has 4 aliphatic rings. The molecule has 8 rings (SSSR count). The Hall–Kier alpha value is -4.21. The van der Waals surface area contributed by atoms with Crippen LogP contribution in [0.2, 0.25) is 0 Å². The maximum absolute atomic E-state index is 11.9. The van der Waals surface area contributed by atoms with E-state index in [2.05, 4.69) is 97.3 Å². The number of hydrogen-bond donors (Lipinski definition) is 2. The summed E-state index contributed by atoms with van der Waals surface area (Å²) in [6.45, 7) is 8.14. The molecule has 53 heavy (non-hydrogen) atoms. The molecular formula is C44H52N6OS2+2. The number of carbonyl (C=O) groups is 1. The molecule has 0 spiro atoms. The molecule has 0 unspecified atom stereocenters. The van der Waals surface area contributed by atoms with Crippen molar-refractivity contribution in [2.75, 3.05) is 58.5 Å². The van der Waals surface area contributed by atoms with Crippen molar-refractivity contribution in [3.05, 3.63) is 106 Å². The third kappa shape index (κ3) is 8.47. The molecule has 2 aromatic carbocycles. The van der Waals surface area contributed by atoms with Crippen molar-refractivity contribution in [2.24, 2.45) is 0 Å². The maximum Gasteiger partial charge on any atom is 0.221 e. The molecule has 3 N–H and O–H groups in total. The molecule has 9 heteroatoms. The van der Waals surface area contributed by atoms with Gasteiger partial charge in [-0.05, 0) is 121 Å². The van der Waals surface area contributed by atoms with Crippen molar-refractivity contribution in [3.8, 4) is 0 Å². The second-order valence-electron chi connectivity index (χ2n) is 14.9. The molecule has 0 aliphatic carbocycles. The lowest BCUT2D eigenvalue weighted by Crippen LogP contribution is -2.38. The van der Waals surface area contributed by atoms with Crippen LogP contribution in [0.3, 0.4) is 0 Å². The van der Waals surface area contributed by atoms with Crippen LogP contribution in [0.4, 0.5) is 22.7 Å². The molecule has 0 fully saturated rings. The van der Waals surface area contributed by atoms with Gasteiger partial charge in [0.1, 0.15) is 0 Å². The zero-order chi connectivity index (χ0) is 36.1. The van der Waals surface area contributed by atoms with E-state index in [0.717, 1.165) is 60.2 Å². The number of nitrogen functional groups attached to an aromatic ring is 1. The first-order valence-corrected chi connectivity index (χ1v) is 22.0. The quantitative estimate of drug-likeness (QED) is 0.0885. The van der Waals surface area contributed by atoms with Gasteiger partial charge in [-0.1, -0.05) is 21.6 Å². The number of carbonyl (C=O) groups excluding carboxylic acids is 1. The van der Waals surface area contributed by atoms with Gasteiger partial charge in [-0.15, -0.1) is 0 Å². The van der Waals surface area contributed by atoms with E-state index in [0.29, 0.717) is 0 Å². The molecule has 0 bridgehead atoms. The van der Waals surface area contributed by atoms with Crippen molar-refractivity contribution >= 4 is 74.5 Å². The lowest BCUT2D eigenvalue weighted by molar-refractivity contribution is -0.694. The lowest BCUT2D eigenvalue weighted by atomic mass is 9.90. The number of amides is 1. The number of benzene rings is 2. The average Bonchev–Trinajstić information content (AvgIpc) is 3.16. The summed E-state index contributed by atoms with van der Waals surface area (Å²) in [7, 11) is 3.83. The van der Waals surface area contributed by atoms with E-state index in [9.17, 15) is 4.79 Å². The second kappa shape index (κ2) is 16.4. The van der Waals surface area contributed by atoms with Crippen LogP contribution in [-0.2, 0) is 43.6 Å². The number of nitrogens with zero attached hydrogens (tertiary/aromatic N) is 4.